The summed E-state index contributed by atoms with van der Waals surface area (Å²) in [5, 5.41) is 11.2. The van der Waals surface area contributed by atoms with Crippen LogP contribution >= 0.6 is 34.8 Å². The first-order chi connectivity index (χ1) is 12.9. The maximum absolute atomic E-state index is 10.7. The molecule has 4 rings (SSSR count). The third-order valence-electron chi connectivity index (χ3n) is 4.23. The fraction of sp³-hybridized carbons (Fsp3) is 0.118. The van der Waals surface area contributed by atoms with Gasteiger partial charge < -0.3 is 4.74 Å². The largest absolute Gasteiger partial charge is 0.333 e. The topological polar surface area (TPSA) is 82.7 Å². The summed E-state index contributed by atoms with van der Waals surface area (Å²) >= 11 is 18.5. The summed E-state index contributed by atoms with van der Waals surface area (Å²) in [4.78, 5) is 19.1. The molecule has 2 atom stereocenters. The molecule has 0 amide bonds. The van der Waals surface area contributed by atoms with Crippen molar-refractivity contribution in [2.45, 2.75) is 11.8 Å². The molecule has 1 aliphatic heterocycles. The quantitative estimate of drug-likeness (QED) is 0.330. The van der Waals surface area contributed by atoms with E-state index in [-0.39, 0.29) is 6.01 Å². The van der Waals surface area contributed by atoms with Gasteiger partial charge in [-0.2, -0.15) is 0 Å². The van der Waals surface area contributed by atoms with E-state index in [4.69, 9.17) is 39.5 Å². The van der Waals surface area contributed by atoms with Crippen molar-refractivity contribution in [1.82, 2.24) is 9.55 Å². The molecule has 2 heterocycles. The second-order valence-electron chi connectivity index (χ2n) is 5.77. The van der Waals surface area contributed by atoms with E-state index >= 15 is 0 Å². The van der Waals surface area contributed by atoms with Crippen LogP contribution in [-0.2, 0) is 10.3 Å². The molecule has 2 aromatic carbocycles. The molecule has 1 saturated heterocycles. The highest BCUT2D eigenvalue weighted by atomic mass is 35.5. The van der Waals surface area contributed by atoms with E-state index < -0.39 is 16.9 Å². The third kappa shape index (κ3) is 3.12. The molecule has 0 bridgehead atoms. The minimum Gasteiger partial charge on any atom is -0.333 e. The fourth-order valence-corrected chi connectivity index (χ4v) is 3.74. The average Bonchev–Trinajstić information content (AvgIpc) is 3.18. The number of hydrogen-bond acceptors (Lipinski definition) is 5. The van der Waals surface area contributed by atoms with E-state index in [0.29, 0.717) is 20.6 Å². The zero-order valence-electron chi connectivity index (χ0n) is 13.4. The standard InChI is InChI=1S/C17H10Cl3N3O4/c18-11-3-1-10(2-4-11)17(13-6-5-12(19)9-14(13)20)15(26-17)22-8-7-21-16(22)27-23(24)25/h1-9,15H. The summed E-state index contributed by atoms with van der Waals surface area (Å²) < 4.78 is 7.49. The number of hydrogen-bond donors (Lipinski definition) is 0. The number of nitrogens with zero attached hydrogens (tertiary/aromatic N) is 3. The molecule has 10 heteroatoms. The second kappa shape index (κ2) is 6.69. The Balaban J connectivity index is 1.84. The molecule has 0 saturated carbocycles. The molecule has 2 unspecified atom stereocenters. The van der Waals surface area contributed by atoms with Crippen LogP contribution in [0.4, 0.5) is 0 Å². The van der Waals surface area contributed by atoms with Crippen LogP contribution in [0, 0.1) is 10.1 Å². The van der Waals surface area contributed by atoms with Gasteiger partial charge in [0.1, 0.15) is 0 Å². The van der Waals surface area contributed by atoms with Gasteiger partial charge in [-0.05, 0) is 29.8 Å². The van der Waals surface area contributed by atoms with Crippen LogP contribution in [0.5, 0.6) is 6.01 Å². The van der Waals surface area contributed by atoms with Crippen molar-refractivity contribution in [2.75, 3.05) is 0 Å². The minimum absolute atomic E-state index is 0.203. The molecule has 7 nitrogen and oxygen atoms in total. The molecule has 1 fully saturated rings. The Morgan fingerprint density at radius 2 is 1.85 bits per heavy atom. The van der Waals surface area contributed by atoms with Crippen LogP contribution in [-0.4, -0.2) is 14.6 Å². The van der Waals surface area contributed by atoms with E-state index in [9.17, 15) is 10.1 Å². The number of rotatable bonds is 5. The van der Waals surface area contributed by atoms with Crippen LogP contribution in [0.3, 0.4) is 0 Å². The Kier molecular flexibility index (Phi) is 4.47. The summed E-state index contributed by atoms with van der Waals surface area (Å²) in [6, 6.07) is 11.9. The van der Waals surface area contributed by atoms with Gasteiger partial charge in [0.2, 0.25) is 0 Å². The number of epoxide rings is 1. The summed E-state index contributed by atoms with van der Waals surface area (Å²) in [6.07, 6.45) is 2.26. The van der Waals surface area contributed by atoms with E-state index in [0.717, 1.165) is 5.56 Å². The molecule has 1 aliphatic rings. The second-order valence-corrected chi connectivity index (χ2v) is 7.05. The molecule has 1 aromatic heterocycles. The smallest absolute Gasteiger partial charge is 0.302 e. The summed E-state index contributed by atoms with van der Waals surface area (Å²) in [6.45, 7) is 0. The lowest BCUT2D eigenvalue weighted by Gasteiger charge is -2.17. The number of halogens is 3. The Morgan fingerprint density at radius 1 is 1.15 bits per heavy atom. The van der Waals surface area contributed by atoms with Gasteiger partial charge in [0, 0.05) is 33.0 Å². The van der Waals surface area contributed by atoms with Gasteiger partial charge in [0.15, 0.2) is 11.8 Å². The maximum atomic E-state index is 10.7. The molecular weight excluding hydrogens is 417 g/mol. The lowest BCUT2D eigenvalue weighted by atomic mass is 9.90. The third-order valence-corrected chi connectivity index (χ3v) is 5.03. The van der Waals surface area contributed by atoms with E-state index in [1.54, 1.807) is 42.5 Å². The molecule has 0 N–H and O–H groups in total. The van der Waals surface area contributed by atoms with Crippen molar-refractivity contribution in [2.24, 2.45) is 0 Å². The number of benzene rings is 2. The molecule has 3 aromatic rings. The number of ether oxygens (including phenoxy) is 1. The first-order valence-electron chi connectivity index (χ1n) is 7.66. The molecule has 27 heavy (non-hydrogen) atoms. The lowest BCUT2D eigenvalue weighted by Crippen LogP contribution is -2.17. The minimum atomic E-state index is -0.998. The highest BCUT2D eigenvalue weighted by Gasteiger charge is 2.62. The average molecular weight is 427 g/mol. The number of aromatic nitrogens is 2. The van der Waals surface area contributed by atoms with Crippen LogP contribution in [0.15, 0.2) is 54.9 Å². The molecule has 0 radical (unpaired) electrons. The Morgan fingerprint density at radius 3 is 2.52 bits per heavy atom. The maximum Gasteiger partial charge on any atom is 0.302 e. The summed E-state index contributed by atoms with van der Waals surface area (Å²) in [5.41, 5.74) is 0.422. The zero-order chi connectivity index (χ0) is 19.2. The number of imidazole rings is 1. The van der Waals surface area contributed by atoms with Crippen molar-refractivity contribution in [3.05, 3.63) is 91.2 Å². The zero-order valence-corrected chi connectivity index (χ0v) is 15.6. The Bertz CT molecular complexity index is 1020. The summed E-state index contributed by atoms with van der Waals surface area (Å²) in [7, 11) is 0. The van der Waals surface area contributed by atoms with Crippen molar-refractivity contribution >= 4 is 34.8 Å². The molecule has 0 aliphatic carbocycles. The SMILES string of the molecule is O=[N+]([O-])Oc1nccn1C1OC1(c1ccc(Cl)cc1)c1ccc(Cl)cc1Cl. The van der Waals surface area contributed by atoms with Crippen molar-refractivity contribution < 1.29 is 14.7 Å². The van der Waals surface area contributed by atoms with Crippen molar-refractivity contribution in [1.29, 1.82) is 0 Å². The van der Waals surface area contributed by atoms with Crippen LogP contribution < -0.4 is 4.84 Å². The monoisotopic (exact) mass is 425 g/mol. The lowest BCUT2D eigenvalue weighted by molar-refractivity contribution is -0.713. The normalized spacial score (nSPS) is 21.1. The molecular formula is C17H10Cl3N3O4. The van der Waals surface area contributed by atoms with Gasteiger partial charge in [0.25, 0.3) is 6.01 Å². The van der Waals surface area contributed by atoms with E-state index in [2.05, 4.69) is 9.82 Å². The van der Waals surface area contributed by atoms with Gasteiger partial charge in [-0.3, -0.25) is 4.57 Å². The van der Waals surface area contributed by atoms with Gasteiger partial charge in [-0.25, -0.2) is 9.82 Å². The first-order valence-corrected chi connectivity index (χ1v) is 8.80. The van der Waals surface area contributed by atoms with Gasteiger partial charge >= 0.3 is 5.09 Å². The Hall–Kier alpha value is -2.32. The van der Waals surface area contributed by atoms with Crippen LogP contribution in [0.1, 0.15) is 17.4 Å². The first kappa shape index (κ1) is 18.1. The summed E-state index contributed by atoms with van der Waals surface area (Å²) in [5.74, 6) is 0. The highest BCUT2D eigenvalue weighted by Crippen LogP contribution is 2.61. The van der Waals surface area contributed by atoms with Crippen LogP contribution in [0.25, 0.3) is 0 Å². The van der Waals surface area contributed by atoms with Crippen molar-refractivity contribution in [3.8, 4) is 6.01 Å². The molecule has 0 spiro atoms. The van der Waals surface area contributed by atoms with Crippen LogP contribution in [0.2, 0.25) is 15.1 Å². The van der Waals surface area contributed by atoms with Gasteiger partial charge in [0.05, 0.1) is 0 Å². The molecule has 138 valence electrons. The van der Waals surface area contributed by atoms with E-state index in [1.165, 1.54) is 17.0 Å². The van der Waals surface area contributed by atoms with Gasteiger partial charge in [-0.15, -0.1) is 10.1 Å². The van der Waals surface area contributed by atoms with E-state index in [1.807, 2.05) is 0 Å². The van der Waals surface area contributed by atoms with Crippen molar-refractivity contribution in [3.63, 3.8) is 0 Å². The van der Waals surface area contributed by atoms with Gasteiger partial charge in [-0.1, -0.05) is 53.0 Å². The Labute approximate surface area is 168 Å². The predicted octanol–water partition coefficient (Wildman–Crippen LogP) is 4.89. The highest BCUT2D eigenvalue weighted by molar-refractivity contribution is 6.35. The predicted molar refractivity (Wildman–Crippen MR) is 98.7 cm³/mol. The fourth-order valence-electron chi connectivity index (χ4n) is 3.06.